The fourth-order valence-electron chi connectivity index (χ4n) is 2.24. The predicted molar refractivity (Wildman–Crippen MR) is 84.5 cm³/mol. The van der Waals surface area contributed by atoms with Gasteiger partial charge in [0.2, 0.25) is 5.91 Å². The van der Waals surface area contributed by atoms with Crippen LogP contribution in [0, 0.1) is 0 Å². The molecule has 3 rings (SSSR count). The Morgan fingerprint density at radius 3 is 2.43 bits per heavy atom. The molecule has 0 atom stereocenters. The van der Waals surface area contributed by atoms with E-state index in [1.165, 1.54) is 0 Å². The van der Waals surface area contributed by atoms with E-state index in [0.717, 1.165) is 16.9 Å². The van der Waals surface area contributed by atoms with Crippen LogP contribution in [-0.4, -0.2) is 10.5 Å². The molecule has 0 unspecified atom stereocenters. The van der Waals surface area contributed by atoms with Gasteiger partial charge in [0.1, 0.15) is 0 Å². The van der Waals surface area contributed by atoms with E-state index in [2.05, 4.69) is 5.32 Å². The van der Waals surface area contributed by atoms with Gasteiger partial charge < -0.3 is 9.88 Å². The van der Waals surface area contributed by atoms with E-state index in [9.17, 15) is 4.79 Å². The quantitative estimate of drug-likeness (QED) is 0.775. The molecule has 0 saturated heterocycles. The van der Waals surface area contributed by atoms with Crippen molar-refractivity contribution in [1.29, 1.82) is 0 Å². The first-order valence-corrected chi connectivity index (χ1v) is 6.88. The summed E-state index contributed by atoms with van der Waals surface area (Å²) in [6.07, 6.45) is 4.34. The average Bonchev–Trinajstić information content (AvgIpc) is 3.02. The maximum Gasteiger partial charge on any atom is 0.228 e. The molecule has 0 fully saturated rings. The van der Waals surface area contributed by atoms with E-state index >= 15 is 0 Å². The molecule has 1 N–H and O–H groups in total. The lowest BCUT2D eigenvalue weighted by atomic mass is 10.1. The minimum Gasteiger partial charge on any atom is -0.326 e. The predicted octanol–water partition coefficient (Wildman–Crippen LogP) is 3.66. The molecule has 0 aliphatic heterocycles. The zero-order chi connectivity index (χ0) is 14.5. The lowest BCUT2D eigenvalue weighted by molar-refractivity contribution is -0.115. The Morgan fingerprint density at radius 1 is 0.905 bits per heavy atom. The fourth-order valence-corrected chi connectivity index (χ4v) is 2.24. The molecule has 3 aromatic rings. The lowest BCUT2D eigenvalue weighted by Crippen LogP contribution is -2.14. The highest BCUT2D eigenvalue weighted by atomic mass is 16.1. The van der Waals surface area contributed by atoms with Crippen molar-refractivity contribution in [2.45, 2.75) is 6.42 Å². The van der Waals surface area contributed by atoms with Crippen LogP contribution in [0.5, 0.6) is 0 Å². The third-order valence-electron chi connectivity index (χ3n) is 3.24. The van der Waals surface area contributed by atoms with Crippen LogP contribution in [0.2, 0.25) is 0 Å². The Kier molecular flexibility index (Phi) is 3.83. The van der Waals surface area contributed by atoms with E-state index in [0.29, 0.717) is 6.42 Å². The van der Waals surface area contributed by atoms with Gasteiger partial charge in [0.25, 0.3) is 0 Å². The van der Waals surface area contributed by atoms with Crippen LogP contribution < -0.4 is 5.32 Å². The molecule has 0 bridgehead atoms. The smallest absolute Gasteiger partial charge is 0.228 e. The van der Waals surface area contributed by atoms with Gasteiger partial charge in [0.15, 0.2) is 0 Å². The van der Waals surface area contributed by atoms with Crippen LogP contribution in [0.4, 0.5) is 5.69 Å². The number of amides is 1. The SMILES string of the molecule is O=C(Cc1ccccc1)Nc1cccc(-n2cccc2)c1. The summed E-state index contributed by atoms with van der Waals surface area (Å²) in [5.41, 5.74) is 2.84. The van der Waals surface area contributed by atoms with E-state index < -0.39 is 0 Å². The summed E-state index contributed by atoms with van der Waals surface area (Å²) in [6.45, 7) is 0. The third-order valence-corrected chi connectivity index (χ3v) is 3.24. The Balaban J connectivity index is 1.70. The third kappa shape index (κ3) is 3.39. The minimum absolute atomic E-state index is 0.00847. The molecular formula is C18H16N2O. The number of hydrogen-bond donors (Lipinski definition) is 1. The van der Waals surface area contributed by atoms with E-state index in [-0.39, 0.29) is 5.91 Å². The van der Waals surface area contributed by atoms with Crippen LogP contribution in [0.1, 0.15) is 5.56 Å². The van der Waals surface area contributed by atoms with Crippen LogP contribution in [0.15, 0.2) is 79.1 Å². The van der Waals surface area contributed by atoms with Crippen molar-refractivity contribution < 1.29 is 4.79 Å². The highest BCUT2D eigenvalue weighted by Crippen LogP contribution is 2.15. The molecule has 0 aliphatic carbocycles. The standard InChI is InChI=1S/C18H16N2O/c21-18(13-15-7-2-1-3-8-15)19-16-9-6-10-17(14-16)20-11-4-5-12-20/h1-12,14H,13H2,(H,19,21). The largest absolute Gasteiger partial charge is 0.326 e. The van der Waals surface area contributed by atoms with Crippen LogP contribution in [0.3, 0.4) is 0 Å². The average molecular weight is 276 g/mol. The Bertz CT molecular complexity index is 718. The first-order valence-electron chi connectivity index (χ1n) is 6.88. The van der Waals surface area contributed by atoms with Gasteiger partial charge in [-0.15, -0.1) is 0 Å². The summed E-state index contributed by atoms with van der Waals surface area (Å²) in [5.74, 6) is -0.00847. The van der Waals surface area contributed by atoms with Crippen LogP contribution in [0.25, 0.3) is 5.69 Å². The molecule has 1 heterocycles. The Labute approximate surface area is 123 Å². The van der Waals surface area contributed by atoms with E-state index in [1.807, 2.05) is 83.7 Å². The van der Waals surface area contributed by atoms with E-state index in [1.54, 1.807) is 0 Å². The van der Waals surface area contributed by atoms with Crippen molar-refractivity contribution >= 4 is 11.6 Å². The zero-order valence-electron chi connectivity index (χ0n) is 11.6. The van der Waals surface area contributed by atoms with Gasteiger partial charge in [-0.05, 0) is 35.9 Å². The first-order chi connectivity index (χ1) is 10.3. The summed E-state index contributed by atoms with van der Waals surface area (Å²) in [5, 5.41) is 2.94. The molecule has 1 amide bonds. The van der Waals surface area contributed by atoms with Crippen LogP contribution >= 0.6 is 0 Å². The topological polar surface area (TPSA) is 34.0 Å². The number of anilines is 1. The summed E-state index contributed by atoms with van der Waals surface area (Å²) in [7, 11) is 0. The molecule has 1 aromatic heterocycles. The molecule has 0 radical (unpaired) electrons. The lowest BCUT2D eigenvalue weighted by Gasteiger charge is -2.08. The number of rotatable bonds is 4. The van der Waals surface area contributed by atoms with Crippen molar-refractivity contribution in [3.8, 4) is 5.69 Å². The number of benzene rings is 2. The zero-order valence-corrected chi connectivity index (χ0v) is 11.6. The Hall–Kier alpha value is -2.81. The molecule has 104 valence electrons. The summed E-state index contributed by atoms with van der Waals surface area (Å²) in [6, 6.07) is 21.5. The van der Waals surface area contributed by atoms with Crippen molar-refractivity contribution in [3.63, 3.8) is 0 Å². The first kappa shape index (κ1) is 13.2. The summed E-state index contributed by atoms with van der Waals surface area (Å²) >= 11 is 0. The number of carbonyl (C=O) groups excluding carboxylic acids is 1. The number of aromatic nitrogens is 1. The summed E-state index contributed by atoms with van der Waals surface area (Å²) in [4.78, 5) is 12.1. The molecule has 0 spiro atoms. The number of hydrogen-bond acceptors (Lipinski definition) is 1. The highest BCUT2D eigenvalue weighted by Gasteiger charge is 2.04. The van der Waals surface area contributed by atoms with Gasteiger partial charge in [0, 0.05) is 23.8 Å². The molecule has 0 aliphatic rings. The molecule has 3 nitrogen and oxygen atoms in total. The van der Waals surface area contributed by atoms with Gasteiger partial charge in [-0.2, -0.15) is 0 Å². The van der Waals surface area contributed by atoms with Crippen molar-refractivity contribution in [3.05, 3.63) is 84.7 Å². The van der Waals surface area contributed by atoms with E-state index in [4.69, 9.17) is 0 Å². The maximum absolute atomic E-state index is 12.1. The monoisotopic (exact) mass is 276 g/mol. The molecular weight excluding hydrogens is 260 g/mol. The minimum atomic E-state index is -0.00847. The number of carbonyl (C=O) groups is 1. The summed E-state index contributed by atoms with van der Waals surface area (Å²) < 4.78 is 2.01. The number of nitrogens with zero attached hydrogens (tertiary/aromatic N) is 1. The van der Waals surface area contributed by atoms with Crippen LogP contribution in [-0.2, 0) is 11.2 Å². The van der Waals surface area contributed by atoms with Crippen molar-refractivity contribution in [2.24, 2.45) is 0 Å². The second kappa shape index (κ2) is 6.09. The number of nitrogens with one attached hydrogen (secondary N) is 1. The van der Waals surface area contributed by atoms with Gasteiger partial charge in [-0.1, -0.05) is 36.4 Å². The van der Waals surface area contributed by atoms with Crippen molar-refractivity contribution in [2.75, 3.05) is 5.32 Å². The van der Waals surface area contributed by atoms with Gasteiger partial charge in [0.05, 0.1) is 6.42 Å². The van der Waals surface area contributed by atoms with Crippen molar-refractivity contribution in [1.82, 2.24) is 4.57 Å². The second-order valence-corrected chi connectivity index (χ2v) is 4.85. The Morgan fingerprint density at radius 2 is 1.67 bits per heavy atom. The van der Waals surface area contributed by atoms with Gasteiger partial charge in [-0.3, -0.25) is 4.79 Å². The molecule has 3 heteroatoms. The second-order valence-electron chi connectivity index (χ2n) is 4.85. The molecule has 21 heavy (non-hydrogen) atoms. The highest BCUT2D eigenvalue weighted by molar-refractivity contribution is 5.92. The van der Waals surface area contributed by atoms with Gasteiger partial charge >= 0.3 is 0 Å². The van der Waals surface area contributed by atoms with Gasteiger partial charge in [-0.25, -0.2) is 0 Å². The maximum atomic E-state index is 12.1. The fraction of sp³-hybridized carbons (Fsp3) is 0.0556. The molecule has 0 saturated carbocycles. The molecule has 2 aromatic carbocycles. The normalized spacial score (nSPS) is 10.3.